The summed E-state index contributed by atoms with van der Waals surface area (Å²) >= 11 is 3.87. The van der Waals surface area contributed by atoms with Gasteiger partial charge in [-0.1, -0.05) is 137 Å². The number of aryl methyl sites for hydroxylation is 2. The van der Waals surface area contributed by atoms with Gasteiger partial charge in [-0.2, -0.15) is 5.26 Å². The van der Waals surface area contributed by atoms with Crippen molar-refractivity contribution in [3.05, 3.63) is 75.3 Å². The van der Waals surface area contributed by atoms with E-state index in [1.807, 2.05) is 30.3 Å². The summed E-state index contributed by atoms with van der Waals surface area (Å²) in [5, 5.41) is 9.98. The van der Waals surface area contributed by atoms with Gasteiger partial charge in [0.15, 0.2) is 0 Å². The third kappa shape index (κ3) is 10.6. The maximum atomic E-state index is 9.98. The van der Waals surface area contributed by atoms with Gasteiger partial charge in [0.1, 0.15) is 0 Å². The van der Waals surface area contributed by atoms with E-state index < -0.39 is 0 Å². The van der Waals surface area contributed by atoms with E-state index in [1.165, 1.54) is 98.2 Å². The SMILES string of the molecule is C=Cc1ccc(/C(C#N)=C\c2cc(CCCCCCCC)c(Br)cc2CCCCCCCC)cc1. The molecule has 35 heavy (non-hydrogen) atoms. The first-order valence-corrected chi connectivity index (χ1v) is 14.6. The van der Waals surface area contributed by atoms with E-state index in [9.17, 15) is 5.26 Å². The van der Waals surface area contributed by atoms with E-state index in [0.29, 0.717) is 0 Å². The smallest absolute Gasteiger partial charge is 0.0998 e. The number of hydrogen-bond donors (Lipinski definition) is 0. The summed E-state index contributed by atoms with van der Waals surface area (Å²) in [7, 11) is 0. The summed E-state index contributed by atoms with van der Waals surface area (Å²) in [6.07, 6.45) is 21.6. The van der Waals surface area contributed by atoms with Crippen LogP contribution in [0.4, 0.5) is 0 Å². The standard InChI is InChI=1S/C33H44BrN/c1-4-7-9-11-13-15-17-29-25-33(34)30(18-16-14-12-10-8-5-2)23-31(29)24-32(26-35)28-21-19-27(6-3)20-22-28/h6,19-25H,3-5,7-18H2,1-2H3/b32-24-. The topological polar surface area (TPSA) is 23.8 Å². The Kier molecular flexibility index (Phi) is 14.4. The molecule has 0 radical (unpaired) electrons. The quantitative estimate of drug-likeness (QED) is 0.112. The van der Waals surface area contributed by atoms with Crippen LogP contribution in [0, 0.1) is 11.3 Å². The van der Waals surface area contributed by atoms with Gasteiger partial charge in [0.05, 0.1) is 11.6 Å². The van der Waals surface area contributed by atoms with Crippen molar-refractivity contribution >= 4 is 33.7 Å². The van der Waals surface area contributed by atoms with Crippen molar-refractivity contribution in [3.8, 4) is 6.07 Å². The van der Waals surface area contributed by atoms with Crippen LogP contribution in [0.25, 0.3) is 17.7 Å². The van der Waals surface area contributed by atoms with E-state index in [0.717, 1.165) is 29.5 Å². The molecule has 0 bridgehead atoms. The molecule has 2 aromatic rings. The molecule has 0 fully saturated rings. The lowest BCUT2D eigenvalue weighted by molar-refractivity contribution is 0.605. The van der Waals surface area contributed by atoms with Crippen LogP contribution in [0.3, 0.4) is 0 Å². The molecule has 2 heteroatoms. The summed E-state index contributed by atoms with van der Waals surface area (Å²) in [5.74, 6) is 0. The van der Waals surface area contributed by atoms with Crippen molar-refractivity contribution in [3.63, 3.8) is 0 Å². The molecular formula is C33H44BrN. The fourth-order valence-corrected chi connectivity index (χ4v) is 5.14. The number of nitrogens with zero attached hydrogens (tertiary/aromatic N) is 1. The van der Waals surface area contributed by atoms with Crippen molar-refractivity contribution < 1.29 is 0 Å². The van der Waals surface area contributed by atoms with Crippen LogP contribution in [0.2, 0.25) is 0 Å². The second-order valence-corrected chi connectivity index (χ2v) is 10.5. The van der Waals surface area contributed by atoms with E-state index in [2.05, 4.69) is 60.6 Å². The largest absolute Gasteiger partial charge is 0.192 e. The number of allylic oxidation sites excluding steroid dienone is 1. The minimum atomic E-state index is 0.720. The Balaban J connectivity index is 2.23. The van der Waals surface area contributed by atoms with Crippen LogP contribution in [0.1, 0.15) is 119 Å². The molecule has 0 aliphatic rings. The average Bonchev–Trinajstić information content (AvgIpc) is 2.88. The summed E-state index contributed by atoms with van der Waals surface area (Å²) in [4.78, 5) is 0. The Bertz CT molecular complexity index is 962. The van der Waals surface area contributed by atoms with Gasteiger partial charge in [-0.3, -0.25) is 0 Å². The Morgan fingerprint density at radius 2 is 1.34 bits per heavy atom. The molecule has 0 heterocycles. The van der Waals surface area contributed by atoms with Crippen molar-refractivity contribution in [1.82, 2.24) is 0 Å². The maximum absolute atomic E-state index is 9.98. The van der Waals surface area contributed by atoms with Gasteiger partial charge in [-0.15, -0.1) is 0 Å². The zero-order valence-corrected chi connectivity index (χ0v) is 23.6. The fraction of sp³-hybridized carbons (Fsp3) is 0.485. The number of hydrogen-bond acceptors (Lipinski definition) is 1. The monoisotopic (exact) mass is 533 g/mol. The van der Waals surface area contributed by atoms with E-state index in [1.54, 1.807) is 0 Å². The third-order valence-corrected chi connectivity index (χ3v) is 7.52. The molecule has 1 nitrogen and oxygen atoms in total. The zero-order valence-electron chi connectivity index (χ0n) is 22.1. The lowest BCUT2D eigenvalue weighted by atomic mass is 9.93. The van der Waals surface area contributed by atoms with Crippen LogP contribution in [0.5, 0.6) is 0 Å². The normalized spacial score (nSPS) is 11.4. The van der Waals surface area contributed by atoms with Crippen molar-refractivity contribution in [2.75, 3.05) is 0 Å². The Labute approximate surface area is 223 Å². The van der Waals surface area contributed by atoms with Crippen LogP contribution in [0.15, 0.2) is 47.4 Å². The third-order valence-electron chi connectivity index (χ3n) is 6.79. The highest BCUT2D eigenvalue weighted by Gasteiger charge is 2.10. The predicted octanol–water partition coefficient (Wildman–Crippen LogP) is 11.0. The lowest BCUT2D eigenvalue weighted by Gasteiger charge is -2.13. The molecule has 0 saturated carbocycles. The molecule has 2 rings (SSSR count). The van der Waals surface area contributed by atoms with Crippen molar-refractivity contribution in [2.24, 2.45) is 0 Å². The van der Waals surface area contributed by atoms with Gasteiger partial charge in [-0.05, 0) is 65.6 Å². The van der Waals surface area contributed by atoms with Crippen molar-refractivity contribution in [2.45, 2.75) is 104 Å². The maximum Gasteiger partial charge on any atom is 0.0998 e. The molecule has 0 amide bonds. The molecule has 0 aromatic heterocycles. The van der Waals surface area contributed by atoms with Crippen LogP contribution >= 0.6 is 15.9 Å². The molecule has 0 N–H and O–H groups in total. The molecule has 0 spiro atoms. The number of benzene rings is 2. The van der Waals surface area contributed by atoms with Crippen molar-refractivity contribution in [1.29, 1.82) is 5.26 Å². The average molecular weight is 535 g/mol. The minimum Gasteiger partial charge on any atom is -0.192 e. The molecule has 2 aromatic carbocycles. The second-order valence-electron chi connectivity index (χ2n) is 9.67. The van der Waals surface area contributed by atoms with Gasteiger partial charge in [-0.25, -0.2) is 0 Å². The Morgan fingerprint density at radius 1 is 0.800 bits per heavy atom. The molecule has 0 saturated heterocycles. The van der Waals surface area contributed by atoms with Gasteiger partial charge in [0.2, 0.25) is 0 Å². The lowest BCUT2D eigenvalue weighted by Crippen LogP contribution is -1.97. The zero-order chi connectivity index (χ0) is 25.3. The molecule has 0 atom stereocenters. The molecule has 188 valence electrons. The molecular weight excluding hydrogens is 490 g/mol. The van der Waals surface area contributed by atoms with Crippen LogP contribution in [-0.2, 0) is 12.8 Å². The van der Waals surface area contributed by atoms with E-state index in [4.69, 9.17) is 0 Å². The van der Waals surface area contributed by atoms with Gasteiger partial charge >= 0.3 is 0 Å². The van der Waals surface area contributed by atoms with Gasteiger partial charge < -0.3 is 0 Å². The van der Waals surface area contributed by atoms with Gasteiger partial charge in [0.25, 0.3) is 0 Å². The first kappa shape index (κ1) is 29.1. The van der Waals surface area contributed by atoms with Gasteiger partial charge in [0, 0.05) is 4.47 Å². The second kappa shape index (κ2) is 17.3. The van der Waals surface area contributed by atoms with Crippen LogP contribution in [-0.4, -0.2) is 0 Å². The van der Waals surface area contributed by atoms with E-state index in [-0.39, 0.29) is 0 Å². The Hall–Kier alpha value is -2.11. The molecule has 0 aliphatic carbocycles. The summed E-state index contributed by atoms with van der Waals surface area (Å²) in [6.45, 7) is 8.37. The number of halogens is 1. The fourth-order valence-electron chi connectivity index (χ4n) is 4.55. The first-order chi connectivity index (χ1) is 17.1. The number of unbranched alkanes of at least 4 members (excludes halogenated alkanes) is 10. The molecule has 0 aliphatic heterocycles. The van der Waals surface area contributed by atoms with Crippen LogP contribution < -0.4 is 0 Å². The molecule has 0 unspecified atom stereocenters. The highest BCUT2D eigenvalue weighted by atomic mass is 79.9. The Morgan fingerprint density at radius 3 is 1.89 bits per heavy atom. The summed E-state index contributed by atoms with van der Waals surface area (Å²) in [5.41, 5.74) is 6.65. The van der Waals surface area contributed by atoms with E-state index >= 15 is 0 Å². The predicted molar refractivity (Wildman–Crippen MR) is 158 cm³/mol. The highest BCUT2D eigenvalue weighted by Crippen LogP contribution is 2.29. The minimum absolute atomic E-state index is 0.720. The first-order valence-electron chi connectivity index (χ1n) is 13.8. The summed E-state index contributed by atoms with van der Waals surface area (Å²) in [6, 6.07) is 15.2. The number of nitriles is 1. The highest BCUT2D eigenvalue weighted by molar-refractivity contribution is 9.10. The summed E-state index contributed by atoms with van der Waals surface area (Å²) < 4.78 is 1.22. The number of rotatable bonds is 17.